The topological polar surface area (TPSA) is 41.1 Å². The van der Waals surface area contributed by atoms with E-state index >= 15 is 0 Å². The number of para-hydroxylation sites is 1. The molecule has 0 saturated carbocycles. The fourth-order valence-corrected chi connectivity index (χ4v) is 1.24. The molecular weight excluding hydrogens is 176 g/mol. The van der Waals surface area contributed by atoms with E-state index in [1.807, 2.05) is 12.1 Å². The minimum Gasteiger partial charge on any atom is -0.385 e. The molecule has 0 heterocycles. The highest BCUT2D eigenvalue weighted by Crippen LogP contribution is 2.12. The van der Waals surface area contributed by atoms with Gasteiger partial charge in [-0.1, -0.05) is 18.2 Å². The highest BCUT2D eigenvalue weighted by atomic mass is 16.1. The molecule has 0 fully saturated rings. The molecule has 3 nitrogen and oxygen atoms in total. The van der Waals surface area contributed by atoms with E-state index in [0.717, 1.165) is 25.9 Å². The highest BCUT2D eigenvalue weighted by molar-refractivity contribution is 5.50. The predicted octanol–water partition coefficient (Wildman–Crippen LogP) is 1.54. The van der Waals surface area contributed by atoms with Crippen molar-refractivity contribution in [2.45, 2.75) is 13.3 Å². The molecule has 0 bridgehead atoms. The monoisotopic (exact) mass is 192 g/mol. The summed E-state index contributed by atoms with van der Waals surface area (Å²) < 4.78 is 0. The molecule has 76 valence electrons. The Labute approximate surface area is 84.5 Å². The molecule has 0 aliphatic carbocycles. The van der Waals surface area contributed by atoms with E-state index < -0.39 is 0 Å². The molecule has 1 rings (SSSR count). The maximum atomic E-state index is 9.96. The third-order valence-corrected chi connectivity index (χ3v) is 2.04. The smallest absolute Gasteiger partial charge is 0.207 e. The van der Waals surface area contributed by atoms with Gasteiger partial charge in [-0.25, -0.2) is 0 Å². The summed E-state index contributed by atoms with van der Waals surface area (Å²) in [6.07, 6.45) is 1.67. The van der Waals surface area contributed by atoms with Crippen molar-refractivity contribution in [2.24, 2.45) is 0 Å². The first-order valence-corrected chi connectivity index (χ1v) is 4.81. The molecule has 2 N–H and O–H groups in total. The Morgan fingerprint density at radius 3 is 2.79 bits per heavy atom. The number of rotatable bonds is 6. The lowest BCUT2D eigenvalue weighted by atomic mass is 10.2. The number of benzene rings is 1. The van der Waals surface area contributed by atoms with Gasteiger partial charge >= 0.3 is 0 Å². The van der Waals surface area contributed by atoms with Crippen LogP contribution in [0.25, 0.3) is 0 Å². The molecule has 1 aromatic carbocycles. The van der Waals surface area contributed by atoms with Crippen LogP contribution in [-0.2, 0) is 4.79 Å². The van der Waals surface area contributed by atoms with Gasteiger partial charge in [-0.3, -0.25) is 4.79 Å². The molecule has 1 amide bonds. The van der Waals surface area contributed by atoms with Crippen LogP contribution < -0.4 is 10.6 Å². The zero-order valence-corrected chi connectivity index (χ0v) is 8.42. The Kier molecular flexibility index (Phi) is 4.55. The first-order chi connectivity index (χ1) is 6.84. The van der Waals surface area contributed by atoms with Gasteiger partial charge in [-0.2, -0.15) is 0 Å². The van der Waals surface area contributed by atoms with E-state index in [1.54, 1.807) is 0 Å². The number of hydrogen-bond donors (Lipinski definition) is 2. The maximum Gasteiger partial charge on any atom is 0.207 e. The second kappa shape index (κ2) is 6.02. The lowest BCUT2D eigenvalue weighted by Gasteiger charge is -2.08. The van der Waals surface area contributed by atoms with Crippen LogP contribution in [0.2, 0.25) is 0 Å². The maximum absolute atomic E-state index is 9.96. The Morgan fingerprint density at radius 2 is 2.07 bits per heavy atom. The number of carbonyl (C=O) groups is 1. The van der Waals surface area contributed by atoms with Crippen LogP contribution in [0.3, 0.4) is 0 Å². The molecule has 3 heteroatoms. The molecule has 0 aliphatic rings. The molecule has 14 heavy (non-hydrogen) atoms. The van der Waals surface area contributed by atoms with Crippen LogP contribution in [0.4, 0.5) is 5.69 Å². The summed E-state index contributed by atoms with van der Waals surface area (Å²) >= 11 is 0. The minimum absolute atomic E-state index is 0.725. The van der Waals surface area contributed by atoms with Crippen molar-refractivity contribution in [1.82, 2.24) is 5.32 Å². The summed E-state index contributed by atoms with van der Waals surface area (Å²) in [4.78, 5) is 9.96. The zero-order chi connectivity index (χ0) is 10.2. The van der Waals surface area contributed by atoms with Gasteiger partial charge in [0.15, 0.2) is 0 Å². The van der Waals surface area contributed by atoms with E-state index in [0.29, 0.717) is 0 Å². The lowest BCUT2D eigenvalue weighted by Crippen LogP contribution is -2.16. The SMILES string of the molecule is Cc1ccccc1NCCCNC=O. The van der Waals surface area contributed by atoms with Crippen LogP contribution >= 0.6 is 0 Å². The third-order valence-electron chi connectivity index (χ3n) is 2.04. The van der Waals surface area contributed by atoms with Crippen molar-refractivity contribution >= 4 is 12.1 Å². The standard InChI is InChI=1S/C11H16N2O/c1-10-5-2-3-6-11(10)13-8-4-7-12-9-14/h2-3,5-6,9,13H,4,7-8H2,1H3,(H,12,14). The van der Waals surface area contributed by atoms with Gasteiger partial charge in [0.25, 0.3) is 0 Å². The largest absolute Gasteiger partial charge is 0.385 e. The molecule has 0 radical (unpaired) electrons. The molecule has 0 saturated heterocycles. The summed E-state index contributed by atoms with van der Waals surface area (Å²) in [5.74, 6) is 0. The number of aryl methyl sites for hydroxylation is 1. The van der Waals surface area contributed by atoms with Gasteiger partial charge in [0, 0.05) is 18.8 Å². The second-order valence-electron chi connectivity index (χ2n) is 3.17. The van der Waals surface area contributed by atoms with Crippen molar-refractivity contribution in [3.8, 4) is 0 Å². The van der Waals surface area contributed by atoms with Crippen LogP contribution in [0, 0.1) is 6.92 Å². The number of hydrogen-bond acceptors (Lipinski definition) is 2. The first-order valence-electron chi connectivity index (χ1n) is 4.81. The van der Waals surface area contributed by atoms with Crippen LogP contribution in [0.1, 0.15) is 12.0 Å². The van der Waals surface area contributed by atoms with E-state index in [4.69, 9.17) is 0 Å². The van der Waals surface area contributed by atoms with Crippen molar-refractivity contribution < 1.29 is 4.79 Å². The Morgan fingerprint density at radius 1 is 1.29 bits per heavy atom. The Bertz CT molecular complexity index is 286. The molecule has 0 unspecified atom stereocenters. The van der Waals surface area contributed by atoms with E-state index in [1.165, 1.54) is 11.3 Å². The second-order valence-corrected chi connectivity index (χ2v) is 3.17. The molecule has 0 spiro atoms. The van der Waals surface area contributed by atoms with Crippen LogP contribution in [-0.4, -0.2) is 19.5 Å². The van der Waals surface area contributed by atoms with E-state index in [9.17, 15) is 4.79 Å². The number of anilines is 1. The van der Waals surface area contributed by atoms with Crippen molar-refractivity contribution in [2.75, 3.05) is 18.4 Å². The quantitative estimate of drug-likeness (QED) is 0.530. The average Bonchev–Trinajstić information content (AvgIpc) is 2.20. The third kappa shape index (κ3) is 3.47. The number of nitrogens with one attached hydrogen (secondary N) is 2. The zero-order valence-electron chi connectivity index (χ0n) is 8.42. The van der Waals surface area contributed by atoms with Crippen molar-refractivity contribution in [3.05, 3.63) is 29.8 Å². The van der Waals surface area contributed by atoms with E-state index in [-0.39, 0.29) is 0 Å². The summed E-state index contributed by atoms with van der Waals surface area (Å²) in [5, 5.41) is 5.94. The summed E-state index contributed by atoms with van der Waals surface area (Å²) in [7, 11) is 0. The molecule has 0 aromatic heterocycles. The minimum atomic E-state index is 0.725. The first kappa shape index (κ1) is 10.6. The number of amides is 1. The van der Waals surface area contributed by atoms with Gasteiger partial charge in [0.2, 0.25) is 6.41 Å². The normalized spacial score (nSPS) is 9.50. The van der Waals surface area contributed by atoms with Crippen LogP contribution in [0.5, 0.6) is 0 Å². The van der Waals surface area contributed by atoms with Crippen LogP contribution in [0.15, 0.2) is 24.3 Å². The lowest BCUT2D eigenvalue weighted by molar-refractivity contribution is -0.109. The van der Waals surface area contributed by atoms with Gasteiger partial charge < -0.3 is 10.6 Å². The number of carbonyl (C=O) groups excluding carboxylic acids is 1. The van der Waals surface area contributed by atoms with E-state index in [2.05, 4.69) is 29.7 Å². The van der Waals surface area contributed by atoms with Gasteiger partial charge in [0.1, 0.15) is 0 Å². The molecule has 1 aromatic rings. The predicted molar refractivity (Wildman–Crippen MR) is 58.4 cm³/mol. The summed E-state index contributed by atoms with van der Waals surface area (Å²) in [6, 6.07) is 8.17. The van der Waals surface area contributed by atoms with Crippen molar-refractivity contribution in [1.29, 1.82) is 0 Å². The molecular formula is C11H16N2O. The fraction of sp³-hybridized carbons (Fsp3) is 0.364. The van der Waals surface area contributed by atoms with Gasteiger partial charge in [-0.15, -0.1) is 0 Å². The van der Waals surface area contributed by atoms with Crippen molar-refractivity contribution in [3.63, 3.8) is 0 Å². The van der Waals surface area contributed by atoms with Gasteiger partial charge in [0.05, 0.1) is 0 Å². The summed E-state index contributed by atoms with van der Waals surface area (Å²) in [6.45, 7) is 3.68. The fourth-order valence-electron chi connectivity index (χ4n) is 1.24. The summed E-state index contributed by atoms with van der Waals surface area (Å²) in [5.41, 5.74) is 2.41. The highest BCUT2D eigenvalue weighted by Gasteiger charge is 1.94. The molecule has 0 aliphatic heterocycles. The van der Waals surface area contributed by atoms with Gasteiger partial charge in [-0.05, 0) is 25.0 Å². The average molecular weight is 192 g/mol. The Hall–Kier alpha value is -1.51. The Balaban J connectivity index is 2.24. The molecule has 0 atom stereocenters.